The number of nitrogens with zero attached hydrogens (tertiary/aromatic N) is 3. The van der Waals surface area contributed by atoms with E-state index in [4.69, 9.17) is 0 Å². The summed E-state index contributed by atoms with van der Waals surface area (Å²) in [5, 5.41) is 3.10. The molecule has 0 spiro atoms. The Hall–Kier alpha value is -0.980. The highest BCUT2D eigenvalue weighted by Gasteiger charge is 2.29. The van der Waals surface area contributed by atoms with Crippen LogP contribution in [0.4, 0.5) is 0 Å². The molecule has 3 rings (SSSR count). The third-order valence-electron chi connectivity index (χ3n) is 4.12. The van der Waals surface area contributed by atoms with Crippen LogP contribution < -0.4 is 5.32 Å². The SMILES string of the molecule is CC(C(=O)NC1CC1)N1CCN(Cc2cncs2)CC1. The Bertz CT molecular complexity index is 438. The van der Waals surface area contributed by atoms with Crippen LogP contribution in [0.25, 0.3) is 0 Å². The molecular weight excluding hydrogens is 272 g/mol. The molecule has 6 heteroatoms. The van der Waals surface area contributed by atoms with Gasteiger partial charge in [-0.2, -0.15) is 0 Å². The zero-order chi connectivity index (χ0) is 13.9. The van der Waals surface area contributed by atoms with E-state index in [0.717, 1.165) is 45.6 Å². The Morgan fingerprint density at radius 1 is 1.45 bits per heavy atom. The Balaban J connectivity index is 1.44. The lowest BCUT2D eigenvalue weighted by Gasteiger charge is -2.37. The molecule has 110 valence electrons. The predicted molar refractivity (Wildman–Crippen MR) is 79.6 cm³/mol. The van der Waals surface area contributed by atoms with Crippen LogP contribution in [0.15, 0.2) is 11.7 Å². The number of aromatic nitrogens is 1. The molecule has 1 aliphatic carbocycles. The number of hydrogen-bond donors (Lipinski definition) is 1. The number of nitrogens with one attached hydrogen (secondary N) is 1. The van der Waals surface area contributed by atoms with E-state index in [2.05, 4.69) is 20.1 Å². The van der Waals surface area contributed by atoms with Crippen LogP contribution in [0.1, 0.15) is 24.6 Å². The Morgan fingerprint density at radius 3 is 2.80 bits per heavy atom. The second-order valence-electron chi connectivity index (χ2n) is 5.74. The van der Waals surface area contributed by atoms with Crippen LogP contribution in [-0.2, 0) is 11.3 Å². The van der Waals surface area contributed by atoms with E-state index in [-0.39, 0.29) is 11.9 Å². The van der Waals surface area contributed by atoms with Crippen LogP contribution in [0, 0.1) is 0 Å². The lowest BCUT2D eigenvalue weighted by Crippen LogP contribution is -2.53. The van der Waals surface area contributed by atoms with Crippen molar-refractivity contribution < 1.29 is 4.79 Å². The quantitative estimate of drug-likeness (QED) is 0.877. The molecule has 2 fully saturated rings. The maximum Gasteiger partial charge on any atom is 0.237 e. The minimum atomic E-state index is 0.00107. The maximum atomic E-state index is 12.1. The van der Waals surface area contributed by atoms with Crippen molar-refractivity contribution in [1.82, 2.24) is 20.1 Å². The molecule has 1 unspecified atom stereocenters. The summed E-state index contributed by atoms with van der Waals surface area (Å²) in [6, 6.07) is 0.457. The molecule has 0 aromatic carbocycles. The van der Waals surface area contributed by atoms with Crippen LogP contribution >= 0.6 is 11.3 Å². The molecule has 1 aromatic heterocycles. The zero-order valence-corrected chi connectivity index (χ0v) is 12.7. The molecule has 1 atom stereocenters. The second-order valence-corrected chi connectivity index (χ2v) is 6.71. The van der Waals surface area contributed by atoms with Gasteiger partial charge < -0.3 is 5.32 Å². The molecule has 1 amide bonds. The maximum absolute atomic E-state index is 12.1. The van der Waals surface area contributed by atoms with Gasteiger partial charge in [-0.3, -0.25) is 19.6 Å². The topological polar surface area (TPSA) is 48.5 Å². The highest BCUT2D eigenvalue weighted by Crippen LogP contribution is 2.19. The van der Waals surface area contributed by atoms with E-state index in [1.807, 2.05) is 18.6 Å². The molecule has 0 radical (unpaired) electrons. The lowest BCUT2D eigenvalue weighted by molar-refractivity contribution is -0.126. The number of carbonyl (C=O) groups is 1. The van der Waals surface area contributed by atoms with Crippen molar-refractivity contribution in [1.29, 1.82) is 0 Å². The van der Waals surface area contributed by atoms with E-state index in [1.165, 1.54) is 4.88 Å². The van der Waals surface area contributed by atoms with Crippen LogP contribution in [0.5, 0.6) is 0 Å². The number of carbonyl (C=O) groups excluding carboxylic acids is 1. The van der Waals surface area contributed by atoms with Crippen LogP contribution in [0.2, 0.25) is 0 Å². The fourth-order valence-electron chi connectivity index (χ4n) is 2.56. The van der Waals surface area contributed by atoms with Gasteiger partial charge >= 0.3 is 0 Å². The minimum Gasteiger partial charge on any atom is -0.352 e. The van der Waals surface area contributed by atoms with Gasteiger partial charge in [-0.05, 0) is 19.8 Å². The number of thiazole rings is 1. The van der Waals surface area contributed by atoms with Gasteiger partial charge in [0.25, 0.3) is 0 Å². The number of piperazine rings is 1. The smallest absolute Gasteiger partial charge is 0.237 e. The number of hydrogen-bond acceptors (Lipinski definition) is 5. The van der Waals surface area contributed by atoms with Crippen molar-refractivity contribution in [3.63, 3.8) is 0 Å². The van der Waals surface area contributed by atoms with Crippen molar-refractivity contribution >= 4 is 17.2 Å². The summed E-state index contributed by atoms with van der Waals surface area (Å²) in [5.41, 5.74) is 1.88. The highest BCUT2D eigenvalue weighted by atomic mass is 32.1. The second kappa shape index (κ2) is 6.20. The van der Waals surface area contributed by atoms with Gasteiger partial charge in [0.2, 0.25) is 5.91 Å². The summed E-state index contributed by atoms with van der Waals surface area (Å²) in [5.74, 6) is 0.198. The van der Waals surface area contributed by atoms with Gasteiger partial charge in [-0.15, -0.1) is 11.3 Å². The fourth-order valence-corrected chi connectivity index (χ4v) is 3.20. The Labute approximate surface area is 124 Å². The van der Waals surface area contributed by atoms with E-state index in [1.54, 1.807) is 11.3 Å². The molecule has 5 nitrogen and oxygen atoms in total. The highest BCUT2D eigenvalue weighted by molar-refractivity contribution is 7.09. The lowest BCUT2D eigenvalue weighted by atomic mass is 10.2. The average Bonchev–Trinajstić information content (AvgIpc) is 3.12. The molecule has 1 aromatic rings. The zero-order valence-electron chi connectivity index (χ0n) is 11.9. The van der Waals surface area contributed by atoms with Gasteiger partial charge in [0.15, 0.2) is 0 Å². The molecular formula is C14H22N4OS. The molecule has 1 saturated carbocycles. The van der Waals surface area contributed by atoms with E-state index < -0.39 is 0 Å². The molecule has 0 bridgehead atoms. The molecule has 1 aliphatic heterocycles. The monoisotopic (exact) mass is 294 g/mol. The van der Waals surface area contributed by atoms with E-state index >= 15 is 0 Å². The molecule has 2 heterocycles. The molecule has 1 saturated heterocycles. The largest absolute Gasteiger partial charge is 0.352 e. The number of amides is 1. The first-order valence-electron chi connectivity index (χ1n) is 7.36. The fraction of sp³-hybridized carbons (Fsp3) is 0.714. The van der Waals surface area contributed by atoms with Crippen LogP contribution in [-0.4, -0.2) is 59.0 Å². The first-order valence-corrected chi connectivity index (χ1v) is 8.24. The van der Waals surface area contributed by atoms with Crippen LogP contribution in [0.3, 0.4) is 0 Å². The summed E-state index contributed by atoms with van der Waals surface area (Å²) >= 11 is 1.71. The molecule has 2 aliphatic rings. The van der Waals surface area contributed by atoms with Gasteiger partial charge in [0.05, 0.1) is 11.6 Å². The summed E-state index contributed by atoms with van der Waals surface area (Å²) in [6.45, 7) is 7.01. The minimum absolute atomic E-state index is 0.00107. The Kier molecular flexibility index (Phi) is 4.33. The van der Waals surface area contributed by atoms with Crippen molar-refractivity contribution in [2.45, 2.75) is 38.4 Å². The normalized spacial score (nSPS) is 22.6. The first-order chi connectivity index (χ1) is 9.72. The van der Waals surface area contributed by atoms with Gasteiger partial charge in [-0.25, -0.2) is 0 Å². The third kappa shape index (κ3) is 3.56. The summed E-state index contributed by atoms with van der Waals surface area (Å²) in [4.78, 5) is 22.2. The number of rotatable bonds is 5. The summed E-state index contributed by atoms with van der Waals surface area (Å²) in [7, 11) is 0. The van der Waals surface area contributed by atoms with E-state index in [9.17, 15) is 4.79 Å². The van der Waals surface area contributed by atoms with Gasteiger partial charge in [-0.1, -0.05) is 0 Å². The summed E-state index contributed by atoms with van der Waals surface area (Å²) < 4.78 is 0. The average molecular weight is 294 g/mol. The summed E-state index contributed by atoms with van der Waals surface area (Å²) in [6.07, 6.45) is 4.25. The molecule has 20 heavy (non-hydrogen) atoms. The van der Waals surface area contributed by atoms with E-state index in [0.29, 0.717) is 6.04 Å². The van der Waals surface area contributed by atoms with Crippen molar-refractivity contribution in [3.8, 4) is 0 Å². The predicted octanol–water partition coefficient (Wildman–Crippen LogP) is 0.928. The molecule has 1 N–H and O–H groups in total. The van der Waals surface area contributed by atoms with Gasteiger partial charge in [0, 0.05) is 49.8 Å². The van der Waals surface area contributed by atoms with Crippen molar-refractivity contribution in [3.05, 3.63) is 16.6 Å². The first kappa shape index (κ1) is 14.0. The van der Waals surface area contributed by atoms with Gasteiger partial charge in [0.1, 0.15) is 0 Å². The standard InChI is InChI=1S/C14H22N4OS/c1-11(14(19)16-12-2-3-12)18-6-4-17(5-7-18)9-13-8-15-10-20-13/h8,10-12H,2-7,9H2,1H3,(H,16,19). The third-order valence-corrected chi connectivity index (χ3v) is 4.89. The Morgan fingerprint density at radius 2 is 2.20 bits per heavy atom. The van der Waals surface area contributed by atoms with Crippen molar-refractivity contribution in [2.24, 2.45) is 0 Å². The van der Waals surface area contributed by atoms with Crippen molar-refractivity contribution in [2.75, 3.05) is 26.2 Å².